The van der Waals surface area contributed by atoms with Crippen LogP contribution in [0.2, 0.25) is 10.0 Å². The second kappa shape index (κ2) is 4.67. The van der Waals surface area contributed by atoms with E-state index in [0.29, 0.717) is 20.5 Å². The third-order valence-electron chi connectivity index (χ3n) is 2.83. The van der Waals surface area contributed by atoms with E-state index in [-0.39, 0.29) is 11.5 Å². The quantitative estimate of drug-likeness (QED) is 0.598. The Morgan fingerprint density at radius 1 is 1.32 bits per heavy atom. The summed E-state index contributed by atoms with van der Waals surface area (Å²) >= 11 is 13.5. The number of benzene rings is 1. The SMILES string of the molecule is Cc1csc(C(=O)c2cc3cccc(Cl)c3o2)c1Cl. The van der Waals surface area contributed by atoms with Crippen LogP contribution < -0.4 is 0 Å². The monoisotopic (exact) mass is 310 g/mol. The third-order valence-corrected chi connectivity index (χ3v) is 4.82. The molecule has 5 heteroatoms. The average Bonchev–Trinajstić information content (AvgIpc) is 2.95. The zero-order valence-corrected chi connectivity index (χ0v) is 12.2. The zero-order chi connectivity index (χ0) is 13.6. The van der Waals surface area contributed by atoms with Gasteiger partial charge in [-0.3, -0.25) is 4.79 Å². The molecule has 0 bridgehead atoms. The normalized spacial score (nSPS) is 11.1. The average molecular weight is 311 g/mol. The number of carbonyl (C=O) groups excluding carboxylic acids is 1. The Kier molecular flexibility index (Phi) is 3.13. The summed E-state index contributed by atoms with van der Waals surface area (Å²) in [7, 11) is 0. The van der Waals surface area contributed by atoms with E-state index in [9.17, 15) is 4.79 Å². The lowest BCUT2D eigenvalue weighted by Gasteiger charge is -1.94. The van der Waals surface area contributed by atoms with E-state index in [2.05, 4.69) is 0 Å². The molecule has 0 aliphatic rings. The van der Waals surface area contributed by atoms with Crippen molar-refractivity contribution in [2.75, 3.05) is 0 Å². The maximum Gasteiger partial charge on any atom is 0.239 e. The molecule has 0 aliphatic heterocycles. The summed E-state index contributed by atoms with van der Waals surface area (Å²) in [5.74, 6) is 0.0437. The first-order valence-electron chi connectivity index (χ1n) is 5.54. The van der Waals surface area contributed by atoms with E-state index < -0.39 is 0 Å². The Hall–Kier alpha value is -1.29. The predicted octanol–water partition coefficient (Wildman–Crippen LogP) is 5.34. The molecule has 2 heterocycles. The maximum atomic E-state index is 12.4. The van der Waals surface area contributed by atoms with Crippen LogP contribution in [0, 0.1) is 6.92 Å². The van der Waals surface area contributed by atoms with Gasteiger partial charge in [-0.1, -0.05) is 35.3 Å². The van der Waals surface area contributed by atoms with Crippen LogP contribution in [0.5, 0.6) is 0 Å². The van der Waals surface area contributed by atoms with Crippen LogP contribution in [-0.4, -0.2) is 5.78 Å². The number of rotatable bonds is 2. The second-order valence-corrected chi connectivity index (χ2v) is 5.82. The fraction of sp³-hybridized carbons (Fsp3) is 0.0714. The predicted molar refractivity (Wildman–Crippen MR) is 78.7 cm³/mol. The minimum Gasteiger partial charge on any atom is -0.451 e. The summed E-state index contributed by atoms with van der Waals surface area (Å²) in [5.41, 5.74) is 1.42. The van der Waals surface area contributed by atoms with Crippen LogP contribution in [-0.2, 0) is 0 Å². The number of fused-ring (bicyclic) bond motifs is 1. The van der Waals surface area contributed by atoms with Gasteiger partial charge in [0, 0.05) is 5.39 Å². The van der Waals surface area contributed by atoms with Gasteiger partial charge < -0.3 is 4.42 Å². The van der Waals surface area contributed by atoms with E-state index in [1.807, 2.05) is 24.4 Å². The molecule has 2 nitrogen and oxygen atoms in total. The van der Waals surface area contributed by atoms with Crippen molar-refractivity contribution in [3.05, 3.63) is 55.9 Å². The number of hydrogen-bond acceptors (Lipinski definition) is 3. The molecule has 0 fully saturated rings. The lowest BCUT2D eigenvalue weighted by molar-refractivity contribution is 0.101. The molecule has 3 rings (SSSR count). The fourth-order valence-corrected chi connectivity index (χ4v) is 3.28. The number of furan rings is 1. The maximum absolute atomic E-state index is 12.4. The molecule has 0 spiro atoms. The molecule has 0 aliphatic carbocycles. The van der Waals surface area contributed by atoms with E-state index in [1.165, 1.54) is 11.3 Å². The molecule has 3 aromatic rings. The molecule has 0 radical (unpaired) electrons. The first-order valence-corrected chi connectivity index (χ1v) is 7.18. The van der Waals surface area contributed by atoms with E-state index in [0.717, 1.165) is 10.9 Å². The number of hydrogen-bond donors (Lipinski definition) is 0. The second-order valence-electron chi connectivity index (χ2n) is 4.16. The molecule has 0 atom stereocenters. The summed E-state index contributed by atoms with van der Waals surface area (Å²) in [6, 6.07) is 7.08. The number of aryl methyl sites for hydroxylation is 1. The van der Waals surface area contributed by atoms with Gasteiger partial charge in [-0.2, -0.15) is 0 Å². The topological polar surface area (TPSA) is 30.2 Å². The first kappa shape index (κ1) is 12.7. The van der Waals surface area contributed by atoms with Gasteiger partial charge in [0.25, 0.3) is 0 Å². The Morgan fingerprint density at radius 2 is 2.11 bits per heavy atom. The van der Waals surface area contributed by atoms with Crippen LogP contribution in [0.1, 0.15) is 21.0 Å². The summed E-state index contributed by atoms with van der Waals surface area (Å²) in [6.07, 6.45) is 0. The van der Waals surface area contributed by atoms with E-state index in [1.54, 1.807) is 12.1 Å². The van der Waals surface area contributed by atoms with Gasteiger partial charge in [0.15, 0.2) is 11.3 Å². The van der Waals surface area contributed by atoms with Gasteiger partial charge in [-0.25, -0.2) is 0 Å². The molecule has 96 valence electrons. The van der Waals surface area contributed by atoms with Gasteiger partial charge in [0.05, 0.1) is 14.9 Å². The lowest BCUT2D eigenvalue weighted by Crippen LogP contribution is -1.96. The molecule has 19 heavy (non-hydrogen) atoms. The van der Waals surface area contributed by atoms with Crippen molar-refractivity contribution in [1.82, 2.24) is 0 Å². The van der Waals surface area contributed by atoms with Crippen molar-refractivity contribution in [3.8, 4) is 0 Å². The van der Waals surface area contributed by atoms with Gasteiger partial charge in [-0.15, -0.1) is 11.3 Å². The Balaban J connectivity index is 2.12. The van der Waals surface area contributed by atoms with Gasteiger partial charge >= 0.3 is 0 Å². The highest BCUT2D eigenvalue weighted by atomic mass is 35.5. The highest BCUT2D eigenvalue weighted by Crippen LogP contribution is 2.32. The molecule has 2 aromatic heterocycles. The number of carbonyl (C=O) groups is 1. The molecule has 0 unspecified atom stereocenters. The van der Waals surface area contributed by atoms with Crippen LogP contribution in [0.4, 0.5) is 0 Å². The number of halogens is 2. The number of para-hydroxylation sites is 1. The van der Waals surface area contributed by atoms with Gasteiger partial charge in [-0.05, 0) is 30.0 Å². The molecular formula is C14H8Cl2O2S. The van der Waals surface area contributed by atoms with Crippen molar-refractivity contribution in [1.29, 1.82) is 0 Å². The van der Waals surface area contributed by atoms with Crippen molar-refractivity contribution in [2.24, 2.45) is 0 Å². The summed E-state index contributed by atoms with van der Waals surface area (Å²) in [4.78, 5) is 12.8. The van der Waals surface area contributed by atoms with E-state index >= 15 is 0 Å². The van der Waals surface area contributed by atoms with Crippen molar-refractivity contribution < 1.29 is 9.21 Å². The van der Waals surface area contributed by atoms with E-state index in [4.69, 9.17) is 27.6 Å². The minimum atomic E-state index is -0.213. The smallest absolute Gasteiger partial charge is 0.239 e. The van der Waals surface area contributed by atoms with Crippen LogP contribution in [0.15, 0.2) is 34.1 Å². The highest BCUT2D eigenvalue weighted by molar-refractivity contribution is 7.13. The summed E-state index contributed by atoms with van der Waals surface area (Å²) < 4.78 is 5.55. The van der Waals surface area contributed by atoms with Gasteiger partial charge in [0.1, 0.15) is 0 Å². The Morgan fingerprint density at radius 3 is 2.74 bits per heavy atom. The number of thiophene rings is 1. The van der Waals surface area contributed by atoms with Crippen LogP contribution >= 0.6 is 34.5 Å². The fourth-order valence-electron chi connectivity index (χ4n) is 1.83. The van der Waals surface area contributed by atoms with Gasteiger partial charge in [0.2, 0.25) is 5.78 Å². The Bertz CT molecular complexity index is 786. The molecule has 0 N–H and O–H groups in total. The van der Waals surface area contributed by atoms with Crippen molar-refractivity contribution in [3.63, 3.8) is 0 Å². The molecule has 1 aromatic carbocycles. The molecule has 0 saturated carbocycles. The first-order chi connectivity index (χ1) is 9.08. The molecule has 0 amide bonds. The largest absolute Gasteiger partial charge is 0.451 e. The van der Waals surface area contributed by atoms with Crippen LogP contribution in [0.25, 0.3) is 11.0 Å². The van der Waals surface area contributed by atoms with Crippen molar-refractivity contribution >= 4 is 51.3 Å². The van der Waals surface area contributed by atoms with Crippen molar-refractivity contribution in [2.45, 2.75) is 6.92 Å². The summed E-state index contributed by atoms with van der Waals surface area (Å²) in [6.45, 7) is 1.87. The molecule has 0 saturated heterocycles. The summed E-state index contributed by atoms with van der Waals surface area (Å²) in [5, 5.41) is 3.64. The Labute approximate surface area is 123 Å². The zero-order valence-electron chi connectivity index (χ0n) is 9.87. The standard InChI is InChI=1S/C14H8Cl2O2S/c1-7-6-19-14(11(7)16)12(17)10-5-8-3-2-4-9(15)13(8)18-10/h2-6H,1H3. The molecular weight excluding hydrogens is 303 g/mol. The lowest BCUT2D eigenvalue weighted by atomic mass is 10.2. The number of ketones is 1. The highest BCUT2D eigenvalue weighted by Gasteiger charge is 2.20. The minimum absolute atomic E-state index is 0.213. The third kappa shape index (κ3) is 2.08. The van der Waals surface area contributed by atoms with Crippen LogP contribution in [0.3, 0.4) is 0 Å².